The zero-order chi connectivity index (χ0) is 30.0. The fourth-order valence-electron chi connectivity index (χ4n) is 3.89. The molecule has 2 aliphatic heterocycles. The van der Waals surface area contributed by atoms with Gasteiger partial charge in [0.05, 0.1) is 43.1 Å². The van der Waals surface area contributed by atoms with Crippen molar-refractivity contribution in [3.05, 3.63) is 24.0 Å². The van der Waals surface area contributed by atoms with Crippen molar-refractivity contribution in [2.45, 2.75) is 71.4 Å². The number of nitrogens with one attached hydrogen (secondary N) is 1. The van der Waals surface area contributed by atoms with Crippen molar-refractivity contribution in [2.24, 2.45) is 0 Å². The van der Waals surface area contributed by atoms with Crippen molar-refractivity contribution in [3.8, 4) is 0 Å². The van der Waals surface area contributed by atoms with Crippen LogP contribution < -0.4 is 15.1 Å². The van der Waals surface area contributed by atoms with Gasteiger partial charge in [-0.15, -0.1) is 0 Å². The number of benzene rings is 1. The lowest BCUT2D eigenvalue weighted by Crippen LogP contribution is -2.58. The van der Waals surface area contributed by atoms with Crippen molar-refractivity contribution in [3.63, 3.8) is 0 Å². The minimum atomic E-state index is -1.50. The molecule has 2 amide bonds. The second kappa shape index (κ2) is 7.82. The van der Waals surface area contributed by atoms with Crippen LogP contribution in [0, 0.1) is 5.82 Å². The van der Waals surface area contributed by atoms with Crippen molar-refractivity contribution in [1.29, 1.82) is 0 Å². The second-order valence-corrected chi connectivity index (χ2v) is 8.13. The minimum absolute atomic E-state index is 0. The van der Waals surface area contributed by atoms with Crippen molar-refractivity contribution < 1.29 is 111 Å². The molecule has 2 aliphatic rings. The lowest BCUT2D eigenvalue weighted by atomic mass is 9.94. The van der Waals surface area contributed by atoms with E-state index in [4.69, 9.17) is 22.5 Å². The molecule has 7 nitrogen and oxygen atoms in total. The fraction of sp³-hybridized carbons (Fsp3) is 0.619. The van der Waals surface area contributed by atoms with Crippen LogP contribution in [0.15, 0.2) is 18.2 Å². The fourth-order valence-corrected chi connectivity index (χ4v) is 3.89. The lowest BCUT2D eigenvalue weighted by Gasteiger charge is -2.48. The molecule has 1 aromatic carbocycles. The largest absolute Gasteiger partial charge is 0.442 e. The van der Waals surface area contributed by atoms with Crippen LogP contribution in [0.25, 0.3) is 0 Å². The monoisotopic (exact) mass is 527 g/mol. The Morgan fingerprint density at radius 3 is 2.93 bits per heavy atom. The SMILES string of the molecule is [2H]CC(=O)N([2H])C([2H])[C@@H]1OC(=O)N(c2ccc(N3CC(C)OC(C)(C)C3C)c(F)c2)C1C.[2H][2H].[2H][2H].[2H][2H].[HH].[HH].[HH].[HH].[HH].[HH].[HH].[HH].[HH].[HH].[HH].[HH].[HH].[HH].[HH].[HH].[HH].[HH].[HH].[HH].[HH].[HH].[HH].[HH].[HH].[HH].[HH].[HH].[HH].[HH].[HH].[HH].[HH].[HH].[HH].[HH].[HH].[HH].[HH].[HH].[HH].[HH].[HH].[HH].[HH].[HH].[HH].[HH].[HH].[HH].[HH].[HH]. The number of amides is 2. The van der Waals surface area contributed by atoms with E-state index in [0.29, 0.717) is 17.5 Å². The predicted molar refractivity (Wildman–Crippen MR) is 225 cm³/mol. The van der Waals surface area contributed by atoms with E-state index in [1.165, 1.54) is 11.0 Å². The summed E-state index contributed by atoms with van der Waals surface area (Å²) in [6, 6.07) is 3.68. The van der Waals surface area contributed by atoms with Crippen molar-refractivity contribution in [2.75, 3.05) is 22.9 Å². The third kappa shape index (κ3) is 4.17. The number of carbonyl (C=O) groups excluding carboxylic acids is 2. The summed E-state index contributed by atoms with van der Waals surface area (Å²) in [4.78, 5) is 27.3. The van der Waals surface area contributed by atoms with Crippen LogP contribution in [-0.2, 0) is 14.3 Å². The maximum atomic E-state index is 15.2. The summed E-state index contributed by atoms with van der Waals surface area (Å²) in [5.41, 5.74) is 0.193. The molecule has 29 heavy (non-hydrogen) atoms. The van der Waals surface area contributed by atoms with Crippen LogP contribution in [0.3, 0.4) is 0 Å². The molecule has 0 aliphatic carbocycles. The second-order valence-electron chi connectivity index (χ2n) is 8.13. The summed E-state index contributed by atoms with van der Waals surface area (Å²) in [6.45, 7) is 7.79. The number of rotatable bonds is 4. The standard InChI is InChI=1S/C21H30FN3O4.55H2/c1-12-11-24(14(3)21(5,6)29-12)18-8-7-16(9-17(18)22)25-13(2)19(28-20(25)27)10-23-15(4)26;;;;;;;;;;;;;;;;;;;;;;;;;;;;;;;;;;;;;;;;;;;;;;;;;;;;;;;/h7-9,12-14,19H,10-11H2,1-6H3,(H,23,26);55*1H/t12?,13?,14?,19-;;;;;;;;;;;;;;;;;;;;;;;;;;;;;;;;;;;;;;;;;;;;;;;;;;;;;;;/m0......................................................./s1/i4D,10D;3*1+1D;;;;;;;;;;;;;;;;;;;;;;;;;;;;;;;;;;;;;;;;;;;;;;;;;;;;/hD/t10?,12?,13?,14?,19-;;;;;;;;;;;;;;;;;;;;;;;;;;;;;;;;;;;;;;;;;;;;;;;;;;;;;;;. The Morgan fingerprint density at radius 2 is 2.28 bits per heavy atom. The first-order chi connectivity index (χ1) is 17.9. The maximum absolute atomic E-state index is 15.2. The van der Waals surface area contributed by atoms with Gasteiger partial charge in [-0.2, -0.15) is 0 Å². The number of hydrogen-bond acceptors (Lipinski definition) is 5. The topological polar surface area (TPSA) is 71.1 Å². The first-order valence-corrected chi connectivity index (χ1v) is 9.65. The van der Waals surface area contributed by atoms with Gasteiger partial charge in [0.2, 0.25) is 5.91 Å². The van der Waals surface area contributed by atoms with Crippen LogP contribution in [0.1, 0.15) is 127 Å². The Kier molecular flexibility index (Phi) is 3.94. The van der Waals surface area contributed by atoms with Gasteiger partial charge >= 0.3 is 6.09 Å². The average Bonchev–Trinajstić information content (AvgIpc) is 3.21. The third-order valence-corrected chi connectivity index (χ3v) is 5.63. The molecule has 2 heterocycles. The Morgan fingerprint density at radius 1 is 1.55 bits per heavy atom. The Labute approximate surface area is 261 Å². The molecule has 0 spiro atoms. The first-order valence-electron chi connectivity index (χ1n) is 14.4. The molecule has 2 saturated heterocycles. The zero-order valence-electron chi connectivity index (χ0n) is 26.4. The van der Waals surface area contributed by atoms with Gasteiger partial charge in [0, 0.05) is 97.9 Å². The maximum Gasteiger partial charge on any atom is 0.415 e. The van der Waals surface area contributed by atoms with Crippen molar-refractivity contribution >= 4 is 23.4 Å². The summed E-state index contributed by atoms with van der Waals surface area (Å²) < 4.78 is 79.3. The molecule has 8 heteroatoms. The Balaban J connectivity index is -0.00000000450. The molecule has 0 radical (unpaired) electrons. The van der Waals surface area contributed by atoms with Gasteiger partial charge in [-0.05, 0) is 52.8 Å². The Hall–Kier alpha value is -2.35. The molecule has 0 saturated carbocycles. The van der Waals surface area contributed by atoms with Crippen molar-refractivity contribution in [1.82, 2.24) is 5.31 Å². The summed E-state index contributed by atoms with van der Waals surface area (Å²) in [7, 11) is 0. The van der Waals surface area contributed by atoms with E-state index in [9.17, 15) is 9.59 Å². The number of halogens is 1. The van der Waals surface area contributed by atoms with E-state index < -0.39 is 49.0 Å². The van der Waals surface area contributed by atoms with E-state index in [1.54, 1.807) is 19.1 Å². The van der Waals surface area contributed by atoms with E-state index in [0.717, 1.165) is 0 Å². The molecule has 3 rings (SSSR count). The van der Waals surface area contributed by atoms with E-state index >= 15 is 4.39 Å². The van der Waals surface area contributed by atoms with Gasteiger partial charge in [-0.1, -0.05) is 0 Å². The summed E-state index contributed by atoms with van der Waals surface area (Å²) in [6.07, 6.45) is -1.98. The van der Waals surface area contributed by atoms with Gasteiger partial charge in [0.15, 0.2) is 1.41 Å². The molecule has 4 unspecified atom stereocenters. The third-order valence-electron chi connectivity index (χ3n) is 5.63. The molecule has 1 aromatic rings. The van der Waals surface area contributed by atoms with E-state index in [-0.39, 0.29) is 92.0 Å². The number of morpholine rings is 1. The molecule has 270 valence electrons. The van der Waals surface area contributed by atoms with Gasteiger partial charge < -0.3 is 19.7 Å². The molecule has 0 aromatic heterocycles. The highest BCUT2D eigenvalue weighted by Crippen LogP contribution is 2.35. The average molecular weight is 527 g/mol. The van der Waals surface area contributed by atoms with Gasteiger partial charge in [-0.25, -0.2) is 9.18 Å². The number of nitrogens with zero attached hydrogens (tertiary/aromatic N) is 2. The van der Waals surface area contributed by atoms with Gasteiger partial charge in [0.25, 0.3) is 0 Å². The summed E-state index contributed by atoms with van der Waals surface area (Å²) >= 11 is 0. The number of carbonyl (C=O) groups is 2. The van der Waals surface area contributed by atoms with Gasteiger partial charge in [0.1, 0.15) is 11.9 Å². The highest BCUT2D eigenvalue weighted by Gasteiger charge is 2.41. The molecule has 5 atom stereocenters. The number of anilines is 2. The summed E-state index contributed by atoms with van der Waals surface area (Å²) in [5, 5.41) is 0.331. The van der Waals surface area contributed by atoms with Crippen LogP contribution in [0.5, 0.6) is 0 Å². The zero-order valence-corrected chi connectivity index (χ0v) is 17.4. The predicted octanol–water partition coefficient (Wildman–Crippen LogP) is 16.6. The Bertz CT molecular complexity index is 957. The van der Waals surface area contributed by atoms with E-state index in [2.05, 4.69) is 0 Å². The molecule has 1 N–H and O–H groups in total. The van der Waals surface area contributed by atoms with Crippen LogP contribution in [-0.4, -0.2) is 55.0 Å². The molecule has 2 fully saturated rings. The summed E-state index contributed by atoms with van der Waals surface area (Å²) in [5.74, 6) is -1.38. The van der Waals surface area contributed by atoms with E-state index in [1.807, 2.05) is 32.6 Å². The molecular weight excluding hydrogens is 377 g/mol. The van der Waals surface area contributed by atoms with Crippen LogP contribution in [0.2, 0.25) is 1.41 Å². The molecular formula is C21H140FN3O4. The lowest BCUT2D eigenvalue weighted by molar-refractivity contribution is -0.119. The molecule has 0 bridgehead atoms. The first kappa shape index (κ1) is 14.6. The highest BCUT2D eigenvalue weighted by molar-refractivity contribution is 5.91. The normalized spacial score (nSPS) is 32.3. The van der Waals surface area contributed by atoms with Gasteiger partial charge in [-0.3, -0.25) is 9.69 Å². The minimum Gasteiger partial charge on any atom is -0.442 e. The number of hydrogen-bond donors (Lipinski definition) is 1. The number of cyclic esters (lactones) is 1. The smallest absolute Gasteiger partial charge is 0.415 e. The number of ether oxygens (including phenoxy) is 2. The quantitative estimate of drug-likeness (QED) is 0.422. The van der Waals surface area contributed by atoms with Crippen LogP contribution in [0.4, 0.5) is 20.6 Å². The highest BCUT2D eigenvalue weighted by atomic mass is 19.1. The van der Waals surface area contributed by atoms with Crippen LogP contribution >= 0.6 is 0 Å².